The van der Waals surface area contributed by atoms with Crippen LogP contribution >= 0.6 is 0 Å². The van der Waals surface area contributed by atoms with Crippen molar-refractivity contribution in [2.24, 2.45) is 0 Å². The van der Waals surface area contributed by atoms with E-state index in [1.54, 1.807) is 44.3 Å². The molecule has 0 aliphatic carbocycles. The molecule has 1 amide bonds. The summed E-state index contributed by atoms with van der Waals surface area (Å²) >= 11 is 0. The smallest absolute Gasteiger partial charge is 0.238 e. The van der Waals surface area contributed by atoms with Gasteiger partial charge in [0.1, 0.15) is 0 Å². The van der Waals surface area contributed by atoms with Gasteiger partial charge in [0.05, 0.1) is 16.1 Å². The number of nitrogens with zero attached hydrogens (tertiary/aromatic N) is 1. The first-order valence-corrected chi connectivity index (χ1v) is 8.67. The molecule has 0 N–H and O–H groups in total. The van der Waals surface area contributed by atoms with Gasteiger partial charge in [-0.15, -0.1) is 0 Å². The molecule has 1 heterocycles. The molecule has 3 rings (SSSR count). The molecule has 0 radical (unpaired) electrons. The Balaban J connectivity index is 2.07. The van der Waals surface area contributed by atoms with Crippen molar-refractivity contribution in [3.63, 3.8) is 0 Å². The van der Waals surface area contributed by atoms with Crippen LogP contribution in [0.2, 0.25) is 0 Å². The molecule has 0 saturated heterocycles. The van der Waals surface area contributed by atoms with Crippen LogP contribution in [-0.4, -0.2) is 27.1 Å². The number of carbonyl (C=O) groups excluding carboxylic acids is 1. The van der Waals surface area contributed by atoms with Crippen LogP contribution in [0.4, 0.5) is 5.69 Å². The lowest BCUT2D eigenvalue weighted by molar-refractivity contribution is -0.121. The maximum atomic E-state index is 12.7. The summed E-state index contributed by atoms with van der Waals surface area (Å²) in [5, 5.41) is 0. The van der Waals surface area contributed by atoms with E-state index in [-0.39, 0.29) is 16.6 Å². The molecule has 1 atom stereocenters. The average molecular weight is 315 g/mol. The second kappa shape index (κ2) is 4.95. The lowest BCUT2D eigenvalue weighted by atomic mass is 9.86. The molecule has 1 aliphatic heterocycles. The number of hydrogen-bond acceptors (Lipinski definition) is 3. The molecule has 1 unspecified atom stereocenters. The van der Waals surface area contributed by atoms with E-state index < -0.39 is 15.3 Å². The predicted molar refractivity (Wildman–Crippen MR) is 85.7 cm³/mol. The SMILES string of the molecule is CN1C(=O)C(C)(CS(=O)(=O)c2ccccc2)c2ccccc21. The molecular weight excluding hydrogens is 298 g/mol. The Hall–Kier alpha value is -2.14. The molecule has 2 aromatic rings. The first kappa shape index (κ1) is 14.8. The second-order valence-corrected chi connectivity index (χ2v) is 7.78. The quantitative estimate of drug-likeness (QED) is 0.874. The van der Waals surface area contributed by atoms with Crippen molar-refractivity contribution in [2.45, 2.75) is 17.2 Å². The van der Waals surface area contributed by atoms with Crippen LogP contribution in [-0.2, 0) is 20.0 Å². The van der Waals surface area contributed by atoms with Gasteiger partial charge < -0.3 is 4.90 Å². The van der Waals surface area contributed by atoms with E-state index in [2.05, 4.69) is 0 Å². The van der Waals surface area contributed by atoms with Crippen LogP contribution in [0.3, 0.4) is 0 Å². The van der Waals surface area contributed by atoms with Crippen molar-refractivity contribution in [2.75, 3.05) is 17.7 Å². The number of anilines is 1. The number of hydrogen-bond donors (Lipinski definition) is 0. The van der Waals surface area contributed by atoms with E-state index in [0.29, 0.717) is 0 Å². The normalized spacial score (nSPS) is 21.0. The van der Waals surface area contributed by atoms with Crippen molar-refractivity contribution >= 4 is 21.4 Å². The second-order valence-electron chi connectivity index (χ2n) is 5.79. The van der Waals surface area contributed by atoms with E-state index in [4.69, 9.17) is 0 Å². The van der Waals surface area contributed by atoms with Gasteiger partial charge in [-0.2, -0.15) is 0 Å². The van der Waals surface area contributed by atoms with Gasteiger partial charge in [0.15, 0.2) is 9.84 Å². The molecule has 0 fully saturated rings. The van der Waals surface area contributed by atoms with Crippen molar-refractivity contribution in [1.29, 1.82) is 0 Å². The Kier molecular flexibility index (Phi) is 3.33. The monoisotopic (exact) mass is 315 g/mol. The molecular formula is C17H17NO3S. The summed E-state index contributed by atoms with van der Waals surface area (Å²) in [5.41, 5.74) is 0.486. The standard InChI is InChI=1S/C17H17NO3S/c1-17(12-22(20,21)13-8-4-3-5-9-13)14-10-6-7-11-15(14)18(2)16(17)19/h3-11H,12H2,1-2H3. The van der Waals surface area contributed by atoms with E-state index in [1.807, 2.05) is 24.3 Å². The number of fused-ring (bicyclic) bond motifs is 1. The summed E-state index contributed by atoms with van der Waals surface area (Å²) in [6.07, 6.45) is 0. The Morgan fingerprint density at radius 3 is 2.27 bits per heavy atom. The number of para-hydroxylation sites is 1. The highest BCUT2D eigenvalue weighted by atomic mass is 32.2. The molecule has 1 aliphatic rings. The minimum Gasteiger partial charge on any atom is -0.314 e. The van der Waals surface area contributed by atoms with Gasteiger partial charge in [0.2, 0.25) is 5.91 Å². The zero-order valence-electron chi connectivity index (χ0n) is 12.5. The van der Waals surface area contributed by atoms with Gasteiger partial charge in [-0.1, -0.05) is 36.4 Å². The zero-order valence-corrected chi connectivity index (χ0v) is 13.3. The molecule has 4 nitrogen and oxygen atoms in total. The first-order valence-electron chi connectivity index (χ1n) is 7.02. The van der Waals surface area contributed by atoms with Crippen LogP contribution in [0, 0.1) is 0 Å². The third-order valence-electron chi connectivity index (χ3n) is 4.22. The summed E-state index contributed by atoms with van der Waals surface area (Å²) in [7, 11) is -1.87. The summed E-state index contributed by atoms with van der Waals surface area (Å²) in [4.78, 5) is 14.4. The average Bonchev–Trinajstić information content (AvgIpc) is 2.70. The third kappa shape index (κ3) is 2.13. The number of benzene rings is 2. The van der Waals surface area contributed by atoms with Crippen LogP contribution in [0.1, 0.15) is 12.5 Å². The summed E-state index contributed by atoms with van der Waals surface area (Å²) in [5.74, 6) is -0.419. The summed E-state index contributed by atoms with van der Waals surface area (Å²) < 4.78 is 25.4. The Labute approximate surface area is 130 Å². The summed E-state index contributed by atoms with van der Waals surface area (Å²) in [6, 6.07) is 15.6. The van der Waals surface area contributed by atoms with Crippen LogP contribution in [0.25, 0.3) is 0 Å². The Morgan fingerprint density at radius 1 is 1.00 bits per heavy atom. The first-order chi connectivity index (χ1) is 10.4. The molecule has 0 spiro atoms. The van der Waals surface area contributed by atoms with Gasteiger partial charge in [-0.05, 0) is 30.7 Å². The molecule has 0 aromatic heterocycles. The molecule has 5 heteroatoms. The fraction of sp³-hybridized carbons (Fsp3) is 0.235. The van der Waals surface area contributed by atoms with Crippen molar-refractivity contribution in [3.05, 3.63) is 60.2 Å². The highest BCUT2D eigenvalue weighted by Crippen LogP contribution is 2.42. The number of amides is 1. The van der Waals surface area contributed by atoms with Gasteiger partial charge in [0, 0.05) is 12.7 Å². The number of carbonyl (C=O) groups is 1. The minimum atomic E-state index is -3.55. The van der Waals surface area contributed by atoms with E-state index in [9.17, 15) is 13.2 Å². The van der Waals surface area contributed by atoms with Gasteiger partial charge in [-0.25, -0.2) is 8.42 Å². The lowest BCUT2D eigenvalue weighted by Gasteiger charge is -2.23. The minimum absolute atomic E-state index is 0.187. The molecule has 114 valence electrons. The highest BCUT2D eigenvalue weighted by Gasteiger charge is 2.48. The molecule has 22 heavy (non-hydrogen) atoms. The highest BCUT2D eigenvalue weighted by molar-refractivity contribution is 7.91. The van der Waals surface area contributed by atoms with Crippen molar-refractivity contribution in [3.8, 4) is 0 Å². The lowest BCUT2D eigenvalue weighted by Crippen LogP contribution is -2.41. The Bertz CT molecular complexity index is 830. The third-order valence-corrected chi connectivity index (χ3v) is 6.17. The topological polar surface area (TPSA) is 54.5 Å². The van der Waals surface area contributed by atoms with Crippen molar-refractivity contribution in [1.82, 2.24) is 0 Å². The van der Waals surface area contributed by atoms with E-state index in [1.165, 1.54) is 4.90 Å². The molecule has 0 bridgehead atoms. The maximum absolute atomic E-state index is 12.7. The maximum Gasteiger partial charge on any atom is 0.238 e. The predicted octanol–water partition coefficient (Wildman–Crippen LogP) is 2.39. The van der Waals surface area contributed by atoms with Gasteiger partial charge >= 0.3 is 0 Å². The van der Waals surface area contributed by atoms with Crippen LogP contribution in [0.5, 0.6) is 0 Å². The number of rotatable bonds is 3. The van der Waals surface area contributed by atoms with Gasteiger partial charge in [0.25, 0.3) is 0 Å². The van der Waals surface area contributed by atoms with E-state index in [0.717, 1.165) is 11.3 Å². The fourth-order valence-corrected chi connectivity index (χ4v) is 4.84. The van der Waals surface area contributed by atoms with Crippen LogP contribution < -0.4 is 4.90 Å². The van der Waals surface area contributed by atoms with Crippen LogP contribution in [0.15, 0.2) is 59.5 Å². The van der Waals surface area contributed by atoms with Gasteiger partial charge in [-0.3, -0.25) is 4.79 Å². The van der Waals surface area contributed by atoms with E-state index >= 15 is 0 Å². The molecule has 2 aromatic carbocycles. The number of likely N-dealkylation sites (N-methyl/N-ethyl adjacent to an activating group) is 1. The molecule has 0 saturated carbocycles. The van der Waals surface area contributed by atoms with Crippen molar-refractivity contribution < 1.29 is 13.2 Å². The summed E-state index contributed by atoms with van der Waals surface area (Å²) in [6.45, 7) is 1.71. The fourth-order valence-electron chi connectivity index (χ4n) is 3.06. The largest absolute Gasteiger partial charge is 0.314 e. The number of sulfone groups is 1. The Morgan fingerprint density at radius 2 is 1.59 bits per heavy atom. The zero-order chi connectivity index (χ0) is 16.0.